The highest BCUT2D eigenvalue weighted by molar-refractivity contribution is 5.72. The molecule has 0 aliphatic carbocycles. The smallest absolute Gasteiger partial charge is 0.191 e. The molecule has 0 fully saturated rings. The van der Waals surface area contributed by atoms with E-state index in [1.54, 1.807) is 0 Å². The maximum atomic E-state index is 2.35. The van der Waals surface area contributed by atoms with Gasteiger partial charge in [0.25, 0.3) is 0 Å². The van der Waals surface area contributed by atoms with Gasteiger partial charge in [0.15, 0.2) is 12.2 Å². The molecule has 2 heterocycles. The van der Waals surface area contributed by atoms with Gasteiger partial charge in [0.1, 0.15) is 0 Å². The molecule has 0 N–H and O–H groups in total. The SMILES string of the molecule is CC1c2cc(-c3ccccc3)ccc2-c2cccc[n+]21. The van der Waals surface area contributed by atoms with Gasteiger partial charge in [0.2, 0.25) is 5.69 Å². The third-order valence-electron chi connectivity index (χ3n) is 4.19. The Morgan fingerprint density at radius 2 is 1.60 bits per heavy atom. The molecule has 20 heavy (non-hydrogen) atoms. The van der Waals surface area contributed by atoms with Crippen LogP contribution in [-0.2, 0) is 0 Å². The maximum absolute atomic E-state index is 2.35. The normalized spacial score (nSPS) is 15.8. The van der Waals surface area contributed by atoms with E-state index in [0.29, 0.717) is 6.04 Å². The highest BCUT2D eigenvalue weighted by atomic mass is 15.0. The molecule has 1 aromatic heterocycles. The zero-order chi connectivity index (χ0) is 13.5. The summed E-state index contributed by atoms with van der Waals surface area (Å²) in [4.78, 5) is 0. The largest absolute Gasteiger partial charge is 0.213 e. The minimum atomic E-state index is 0.407. The van der Waals surface area contributed by atoms with Crippen LogP contribution in [0, 0.1) is 0 Å². The van der Waals surface area contributed by atoms with Crippen LogP contribution in [0.5, 0.6) is 0 Å². The Labute approximate surface area is 119 Å². The molecule has 1 aliphatic heterocycles. The predicted molar refractivity (Wildman–Crippen MR) is 81.3 cm³/mol. The molecule has 4 rings (SSSR count). The third kappa shape index (κ3) is 1.60. The van der Waals surface area contributed by atoms with Crippen LogP contribution in [0.3, 0.4) is 0 Å². The minimum absolute atomic E-state index is 0.407. The van der Waals surface area contributed by atoms with E-state index >= 15 is 0 Å². The number of benzene rings is 2. The third-order valence-corrected chi connectivity index (χ3v) is 4.19. The van der Waals surface area contributed by atoms with Crippen molar-refractivity contribution in [3.63, 3.8) is 0 Å². The van der Waals surface area contributed by atoms with Gasteiger partial charge < -0.3 is 0 Å². The number of fused-ring (bicyclic) bond motifs is 3. The summed E-state index contributed by atoms with van der Waals surface area (Å²) in [6.07, 6.45) is 2.17. The first-order chi connectivity index (χ1) is 9.84. The maximum Gasteiger partial charge on any atom is 0.213 e. The number of pyridine rings is 1. The van der Waals surface area contributed by atoms with E-state index in [9.17, 15) is 0 Å². The summed E-state index contributed by atoms with van der Waals surface area (Å²) in [5.74, 6) is 0. The van der Waals surface area contributed by atoms with Crippen molar-refractivity contribution in [2.45, 2.75) is 13.0 Å². The first kappa shape index (κ1) is 11.4. The van der Waals surface area contributed by atoms with Gasteiger partial charge in [-0.1, -0.05) is 36.4 Å². The Kier molecular flexibility index (Phi) is 2.46. The Balaban J connectivity index is 1.89. The van der Waals surface area contributed by atoms with E-state index in [0.717, 1.165) is 0 Å². The molecule has 0 saturated carbocycles. The predicted octanol–water partition coefficient (Wildman–Crippen LogP) is 4.23. The average Bonchev–Trinajstić information content (AvgIpc) is 2.81. The molecule has 1 atom stereocenters. The van der Waals surface area contributed by atoms with E-state index in [-0.39, 0.29) is 0 Å². The molecule has 0 bridgehead atoms. The van der Waals surface area contributed by atoms with Crippen LogP contribution in [0.4, 0.5) is 0 Å². The van der Waals surface area contributed by atoms with Crippen LogP contribution in [0.2, 0.25) is 0 Å². The molecule has 1 heteroatoms. The van der Waals surface area contributed by atoms with Crippen molar-refractivity contribution >= 4 is 0 Å². The zero-order valence-corrected chi connectivity index (χ0v) is 11.5. The second kappa shape index (κ2) is 4.31. The summed E-state index contributed by atoms with van der Waals surface area (Å²) in [6, 6.07) is 24.2. The number of aromatic nitrogens is 1. The number of hydrogen-bond donors (Lipinski definition) is 0. The number of nitrogens with zero attached hydrogens (tertiary/aromatic N) is 1. The molecule has 0 amide bonds. The van der Waals surface area contributed by atoms with Crippen molar-refractivity contribution in [3.8, 4) is 22.4 Å². The standard InChI is InChI=1S/C19H16N/c1-14-18-13-16(15-7-3-2-4-8-15)10-11-17(18)19-9-5-6-12-20(14)19/h2-14H,1H3/q+1. The Morgan fingerprint density at radius 1 is 0.800 bits per heavy atom. The quantitative estimate of drug-likeness (QED) is 0.575. The summed E-state index contributed by atoms with van der Waals surface area (Å²) < 4.78 is 2.35. The van der Waals surface area contributed by atoms with Gasteiger partial charge in [-0.2, -0.15) is 4.57 Å². The molecule has 1 unspecified atom stereocenters. The van der Waals surface area contributed by atoms with Crippen molar-refractivity contribution in [2.24, 2.45) is 0 Å². The lowest BCUT2D eigenvalue weighted by atomic mass is 9.97. The summed E-state index contributed by atoms with van der Waals surface area (Å²) in [6.45, 7) is 2.27. The second-order valence-corrected chi connectivity index (χ2v) is 5.34. The van der Waals surface area contributed by atoms with Crippen molar-refractivity contribution in [1.29, 1.82) is 0 Å². The van der Waals surface area contributed by atoms with Crippen molar-refractivity contribution < 1.29 is 4.57 Å². The van der Waals surface area contributed by atoms with Crippen molar-refractivity contribution in [2.75, 3.05) is 0 Å². The van der Waals surface area contributed by atoms with E-state index in [1.807, 2.05) is 0 Å². The number of hydrogen-bond acceptors (Lipinski definition) is 0. The molecule has 2 aromatic carbocycles. The first-order valence-corrected chi connectivity index (χ1v) is 7.04. The fraction of sp³-hybridized carbons (Fsp3) is 0.105. The summed E-state index contributed by atoms with van der Waals surface area (Å²) >= 11 is 0. The summed E-state index contributed by atoms with van der Waals surface area (Å²) in [5, 5.41) is 0. The van der Waals surface area contributed by atoms with Gasteiger partial charge in [-0.25, -0.2) is 0 Å². The van der Waals surface area contributed by atoms with Crippen LogP contribution >= 0.6 is 0 Å². The van der Waals surface area contributed by atoms with Gasteiger partial charge >= 0.3 is 0 Å². The molecule has 1 aliphatic rings. The lowest BCUT2D eigenvalue weighted by Gasteiger charge is -2.05. The monoisotopic (exact) mass is 258 g/mol. The van der Waals surface area contributed by atoms with Gasteiger partial charge in [0.05, 0.1) is 5.56 Å². The number of rotatable bonds is 1. The molecule has 0 saturated heterocycles. The highest BCUT2D eigenvalue weighted by Crippen LogP contribution is 2.35. The van der Waals surface area contributed by atoms with Crippen LogP contribution in [0.1, 0.15) is 18.5 Å². The van der Waals surface area contributed by atoms with Gasteiger partial charge in [-0.05, 0) is 29.3 Å². The topological polar surface area (TPSA) is 3.88 Å². The van der Waals surface area contributed by atoms with Crippen LogP contribution in [0.25, 0.3) is 22.4 Å². The molecular formula is C19H16N+. The minimum Gasteiger partial charge on any atom is -0.191 e. The lowest BCUT2D eigenvalue weighted by molar-refractivity contribution is -0.694. The van der Waals surface area contributed by atoms with Crippen LogP contribution in [0.15, 0.2) is 72.9 Å². The summed E-state index contributed by atoms with van der Waals surface area (Å²) in [7, 11) is 0. The van der Waals surface area contributed by atoms with Crippen molar-refractivity contribution in [3.05, 3.63) is 78.5 Å². The van der Waals surface area contributed by atoms with E-state index in [1.165, 1.54) is 27.9 Å². The first-order valence-electron chi connectivity index (χ1n) is 7.04. The van der Waals surface area contributed by atoms with Crippen molar-refractivity contribution in [1.82, 2.24) is 0 Å². The molecule has 0 radical (unpaired) electrons. The second-order valence-electron chi connectivity index (χ2n) is 5.34. The van der Waals surface area contributed by atoms with Crippen LogP contribution in [-0.4, -0.2) is 0 Å². The molecule has 1 nitrogen and oxygen atoms in total. The lowest BCUT2D eigenvalue weighted by Crippen LogP contribution is -2.35. The molecule has 3 aromatic rings. The fourth-order valence-corrected chi connectivity index (χ4v) is 3.12. The highest BCUT2D eigenvalue weighted by Gasteiger charge is 2.32. The van der Waals surface area contributed by atoms with E-state index < -0.39 is 0 Å². The molecule has 0 spiro atoms. The Morgan fingerprint density at radius 3 is 2.45 bits per heavy atom. The summed E-state index contributed by atoms with van der Waals surface area (Å²) in [5.41, 5.74) is 6.66. The average molecular weight is 258 g/mol. The Bertz CT molecular complexity index is 775. The molecular weight excluding hydrogens is 242 g/mol. The molecule has 96 valence electrons. The Hall–Kier alpha value is -2.41. The van der Waals surface area contributed by atoms with Gasteiger partial charge in [-0.15, -0.1) is 0 Å². The fourth-order valence-electron chi connectivity index (χ4n) is 3.12. The van der Waals surface area contributed by atoms with E-state index in [2.05, 4.69) is 84.4 Å². The zero-order valence-electron chi connectivity index (χ0n) is 11.5. The van der Waals surface area contributed by atoms with Gasteiger partial charge in [-0.3, -0.25) is 0 Å². The van der Waals surface area contributed by atoms with Gasteiger partial charge in [0, 0.05) is 24.6 Å². The van der Waals surface area contributed by atoms with E-state index in [4.69, 9.17) is 0 Å². The van der Waals surface area contributed by atoms with Crippen LogP contribution < -0.4 is 4.57 Å².